The number of fused-ring (bicyclic) bond motifs is 1. The summed E-state index contributed by atoms with van der Waals surface area (Å²) in [5.41, 5.74) is 12.6. The molecule has 5 heteroatoms. The van der Waals surface area contributed by atoms with Crippen molar-refractivity contribution in [3.05, 3.63) is 29.8 Å². The van der Waals surface area contributed by atoms with E-state index in [0.29, 0.717) is 0 Å². The van der Waals surface area contributed by atoms with E-state index in [9.17, 15) is 0 Å². The molecule has 0 atom stereocenters. The van der Waals surface area contributed by atoms with Gasteiger partial charge in [-0.1, -0.05) is 18.2 Å². The van der Waals surface area contributed by atoms with Crippen LogP contribution in [-0.2, 0) is 0 Å². The van der Waals surface area contributed by atoms with Gasteiger partial charge in [-0.05, 0) is 6.07 Å². The standard InChI is InChI=1S/C10H12N4S/c11-10(12)14-13-8-5-6-15-9-4-2-1-3-7(8)9/h1-4H,5-6H2,(H4,11,12,14)/b13-8+. The molecule has 4 N–H and O–H groups in total. The molecule has 0 fully saturated rings. The van der Waals surface area contributed by atoms with Gasteiger partial charge < -0.3 is 11.5 Å². The molecule has 0 bridgehead atoms. The average Bonchev–Trinajstić information content (AvgIpc) is 2.26. The van der Waals surface area contributed by atoms with Gasteiger partial charge in [-0.2, -0.15) is 5.10 Å². The minimum Gasteiger partial charge on any atom is -0.369 e. The summed E-state index contributed by atoms with van der Waals surface area (Å²) >= 11 is 1.83. The van der Waals surface area contributed by atoms with E-state index >= 15 is 0 Å². The first-order valence-corrected chi connectivity index (χ1v) is 5.63. The molecule has 0 amide bonds. The maximum atomic E-state index is 5.25. The Morgan fingerprint density at radius 1 is 1.27 bits per heavy atom. The topological polar surface area (TPSA) is 76.8 Å². The van der Waals surface area contributed by atoms with Crippen LogP contribution in [0.4, 0.5) is 0 Å². The molecule has 1 heterocycles. The van der Waals surface area contributed by atoms with Crippen LogP contribution >= 0.6 is 11.8 Å². The van der Waals surface area contributed by atoms with Crippen LogP contribution in [0.25, 0.3) is 0 Å². The lowest BCUT2D eigenvalue weighted by Crippen LogP contribution is -2.22. The van der Waals surface area contributed by atoms with E-state index in [1.165, 1.54) is 4.90 Å². The highest BCUT2D eigenvalue weighted by Gasteiger charge is 2.14. The van der Waals surface area contributed by atoms with Gasteiger partial charge in [-0.15, -0.1) is 16.9 Å². The number of nitrogens with two attached hydrogens (primary N) is 2. The van der Waals surface area contributed by atoms with Crippen LogP contribution < -0.4 is 11.5 Å². The van der Waals surface area contributed by atoms with Crippen molar-refractivity contribution in [2.45, 2.75) is 11.3 Å². The predicted molar refractivity (Wildman–Crippen MR) is 64.1 cm³/mol. The fourth-order valence-electron chi connectivity index (χ4n) is 1.45. The number of benzene rings is 1. The SMILES string of the molecule is NC(N)=N/N=C1\CCSc2ccccc21. The van der Waals surface area contributed by atoms with Crippen LogP contribution in [-0.4, -0.2) is 17.4 Å². The molecule has 1 aliphatic heterocycles. The summed E-state index contributed by atoms with van der Waals surface area (Å²) < 4.78 is 0. The molecule has 0 unspecified atom stereocenters. The fourth-order valence-corrected chi connectivity index (χ4v) is 2.48. The normalized spacial score (nSPS) is 17.2. The molecular weight excluding hydrogens is 208 g/mol. The van der Waals surface area contributed by atoms with Crippen molar-refractivity contribution in [2.24, 2.45) is 21.7 Å². The van der Waals surface area contributed by atoms with Crippen molar-refractivity contribution in [3.63, 3.8) is 0 Å². The van der Waals surface area contributed by atoms with Gasteiger partial charge in [-0.25, -0.2) is 0 Å². The predicted octanol–water partition coefficient (Wildman–Crippen LogP) is 1.16. The quantitative estimate of drug-likeness (QED) is 0.423. The second-order valence-electron chi connectivity index (χ2n) is 3.17. The van der Waals surface area contributed by atoms with E-state index in [0.717, 1.165) is 23.4 Å². The van der Waals surface area contributed by atoms with Crippen molar-refractivity contribution in [1.29, 1.82) is 0 Å². The summed E-state index contributed by atoms with van der Waals surface area (Å²) in [6.45, 7) is 0. The molecule has 2 rings (SSSR count). The maximum absolute atomic E-state index is 5.25. The molecule has 0 aromatic heterocycles. The minimum absolute atomic E-state index is 0.00166. The smallest absolute Gasteiger partial charge is 0.211 e. The summed E-state index contributed by atoms with van der Waals surface area (Å²) in [7, 11) is 0. The lowest BCUT2D eigenvalue weighted by atomic mass is 10.1. The Hall–Kier alpha value is -1.49. The average molecular weight is 220 g/mol. The summed E-state index contributed by atoms with van der Waals surface area (Å²) in [6, 6.07) is 8.15. The molecule has 1 aromatic carbocycles. The second kappa shape index (κ2) is 4.35. The van der Waals surface area contributed by atoms with Gasteiger partial charge in [0.05, 0.1) is 5.71 Å². The molecule has 0 aliphatic carbocycles. The zero-order valence-corrected chi connectivity index (χ0v) is 9.00. The van der Waals surface area contributed by atoms with Crippen LogP contribution in [0.2, 0.25) is 0 Å². The maximum Gasteiger partial charge on any atom is 0.211 e. The first-order valence-electron chi connectivity index (χ1n) is 4.65. The largest absolute Gasteiger partial charge is 0.369 e. The minimum atomic E-state index is -0.00166. The van der Waals surface area contributed by atoms with E-state index in [2.05, 4.69) is 16.3 Å². The van der Waals surface area contributed by atoms with Crippen molar-refractivity contribution in [2.75, 3.05) is 5.75 Å². The summed E-state index contributed by atoms with van der Waals surface area (Å²) in [5, 5.41) is 7.76. The molecular formula is C10H12N4S. The van der Waals surface area contributed by atoms with Crippen LogP contribution in [0.1, 0.15) is 12.0 Å². The third-order valence-electron chi connectivity index (χ3n) is 2.08. The van der Waals surface area contributed by atoms with E-state index in [-0.39, 0.29) is 5.96 Å². The third-order valence-corrected chi connectivity index (χ3v) is 3.16. The molecule has 0 spiro atoms. The highest BCUT2D eigenvalue weighted by atomic mass is 32.2. The lowest BCUT2D eigenvalue weighted by molar-refractivity contribution is 1.13. The Bertz CT molecular complexity index is 421. The van der Waals surface area contributed by atoms with Gasteiger partial charge in [0.2, 0.25) is 5.96 Å². The van der Waals surface area contributed by atoms with Crippen molar-refractivity contribution in [1.82, 2.24) is 0 Å². The van der Waals surface area contributed by atoms with Gasteiger partial charge in [0, 0.05) is 22.6 Å². The first kappa shape index (κ1) is 10.0. The lowest BCUT2D eigenvalue weighted by Gasteiger charge is -2.15. The Morgan fingerprint density at radius 3 is 2.87 bits per heavy atom. The third kappa shape index (κ3) is 2.30. The van der Waals surface area contributed by atoms with Crippen LogP contribution in [0.3, 0.4) is 0 Å². The number of nitrogens with zero attached hydrogens (tertiary/aromatic N) is 2. The summed E-state index contributed by atoms with van der Waals surface area (Å²) in [6.07, 6.45) is 0.901. The van der Waals surface area contributed by atoms with E-state index in [1.54, 1.807) is 0 Å². The van der Waals surface area contributed by atoms with E-state index < -0.39 is 0 Å². The molecule has 1 aliphatic rings. The number of guanidine groups is 1. The molecule has 4 nitrogen and oxygen atoms in total. The van der Waals surface area contributed by atoms with Gasteiger partial charge in [0.25, 0.3) is 0 Å². The molecule has 15 heavy (non-hydrogen) atoms. The van der Waals surface area contributed by atoms with Crippen LogP contribution in [0.15, 0.2) is 39.4 Å². The number of thioether (sulfide) groups is 1. The molecule has 0 saturated carbocycles. The number of hydrogen-bond acceptors (Lipinski definition) is 3. The van der Waals surface area contributed by atoms with Gasteiger partial charge >= 0.3 is 0 Å². The van der Waals surface area contributed by atoms with Crippen molar-refractivity contribution < 1.29 is 0 Å². The molecule has 0 saturated heterocycles. The van der Waals surface area contributed by atoms with E-state index in [1.807, 2.05) is 30.0 Å². The van der Waals surface area contributed by atoms with Gasteiger partial charge in [0.15, 0.2) is 0 Å². The monoisotopic (exact) mass is 220 g/mol. The van der Waals surface area contributed by atoms with Crippen molar-refractivity contribution >= 4 is 23.4 Å². The molecule has 78 valence electrons. The van der Waals surface area contributed by atoms with Crippen LogP contribution in [0.5, 0.6) is 0 Å². The Balaban J connectivity index is 2.38. The van der Waals surface area contributed by atoms with Gasteiger partial charge in [-0.3, -0.25) is 0 Å². The molecule has 0 radical (unpaired) electrons. The zero-order chi connectivity index (χ0) is 10.7. The van der Waals surface area contributed by atoms with Crippen LogP contribution in [0, 0.1) is 0 Å². The Morgan fingerprint density at radius 2 is 2.07 bits per heavy atom. The number of rotatable bonds is 1. The highest BCUT2D eigenvalue weighted by molar-refractivity contribution is 7.99. The Labute approximate surface area is 92.4 Å². The summed E-state index contributed by atoms with van der Waals surface area (Å²) in [4.78, 5) is 1.24. The highest BCUT2D eigenvalue weighted by Crippen LogP contribution is 2.29. The zero-order valence-electron chi connectivity index (χ0n) is 8.18. The summed E-state index contributed by atoms with van der Waals surface area (Å²) in [5.74, 6) is 1.02. The van der Waals surface area contributed by atoms with Gasteiger partial charge in [0.1, 0.15) is 0 Å². The molecule has 1 aromatic rings. The first-order chi connectivity index (χ1) is 7.27. The van der Waals surface area contributed by atoms with Crippen molar-refractivity contribution in [3.8, 4) is 0 Å². The fraction of sp³-hybridized carbons (Fsp3) is 0.200. The Kier molecular flexibility index (Phi) is 2.91. The second-order valence-corrected chi connectivity index (χ2v) is 4.30. The number of hydrogen-bond donors (Lipinski definition) is 2. The van der Waals surface area contributed by atoms with E-state index in [4.69, 9.17) is 11.5 Å².